The van der Waals surface area contributed by atoms with Gasteiger partial charge in [0.1, 0.15) is 0 Å². The van der Waals surface area contributed by atoms with E-state index in [1.807, 2.05) is 6.92 Å². The summed E-state index contributed by atoms with van der Waals surface area (Å²) in [6, 6.07) is 3.82. The molecule has 5 N–H and O–H groups in total. The maximum Gasteiger partial charge on any atom is 0.244 e. The highest BCUT2D eigenvalue weighted by Crippen LogP contribution is 2.26. The van der Waals surface area contributed by atoms with Gasteiger partial charge in [0.15, 0.2) is 0 Å². The summed E-state index contributed by atoms with van der Waals surface area (Å²) in [6.45, 7) is 3.51. The van der Waals surface area contributed by atoms with Gasteiger partial charge in [-0.05, 0) is 31.5 Å². The molecule has 8 heteroatoms. The number of anilines is 1. The molecular formula is C12H18ClN3O3S. The average Bonchev–Trinajstić information content (AvgIpc) is 2.30. The van der Waals surface area contributed by atoms with Crippen molar-refractivity contribution in [3.63, 3.8) is 0 Å². The predicted molar refractivity (Wildman–Crippen MR) is 79.0 cm³/mol. The zero-order valence-corrected chi connectivity index (χ0v) is 12.9. The van der Waals surface area contributed by atoms with Gasteiger partial charge in [-0.25, -0.2) is 13.6 Å². The first kappa shape index (κ1) is 16.9. The summed E-state index contributed by atoms with van der Waals surface area (Å²) in [5.74, 6) is -0.437. The zero-order valence-electron chi connectivity index (χ0n) is 11.3. The second-order valence-corrected chi connectivity index (χ2v) is 6.78. The molecule has 0 fully saturated rings. The molecule has 0 aromatic heterocycles. The van der Waals surface area contributed by atoms with E-state index >= 15 is 0 Å². The molecule has 0 spiro atoms. The SMILES string of the molecule is CCCC(C)(N)C(=O)Nc1cc(S(N)(=O)=O)ccc1Cl. The lowest BCUT2D eigenvalue weighted by molar-refractivity contribution is -0.120. The highest BCUT2D eigenvalue weighted by atomic mass is 35.5. The summed E-state index contributed by atoms with van der Waals surface area (Å²) < 4.78 is 22.6. The number of sulfonamides is 1. The minimum absolute atomic E-state index is 0.133. The highest BCUT2D eigenvalue weighted by molar-refractivity contribution is 7.89. The summed E-state index contributed by atoms with van der Waals surface area (Å²) in [4.78, 5) is 11.9. The van der Waals surface area contributed by atoms with Gasteiger partial charge in [0.25, 0.3) is 0 Å². The Morgan fingerprint density at radius 3 is 2.55 bits per heavy atom. The number of nitrogens with one attached hydrogen (secondary N) is 1. The van der Waals surface area contributed by atoms with Crippen LogP contribution in [0.2, 0.25) is 5.02 Å². The normalized spacial score (nSPS) is 14.7. The van der Waals surface area contributed by atoms with Crippen LogP contribution >= 0.6 is 11.6 Å². The van der Waals surface area contributed by atoms with Crippen LogP contribution in [0.15, 0.2) is 23.1 Å². The predicted octanol–water partition coefficient (Wildman–Crippen LogP) is 1.44. The average molecular weight is 320 g/mol. The molecule has 0 aliphatic heterocycles. The first-order chi connectivity index (χ1) is 9.08. The second-order valence-electron chi connectivity index (χ2n) is 4.81. The summed E-state index contributed by atoms with van der Waals surface area (Å²) in [5, 5.41) is 7.77. The van der Waals surface area contributed by atoms with Crippen molar-refractivity contribution in [3.8, 4) is 0 Å². The third-order valence-corrected chi connectivity index (χ3v) is 4.04. The quantitative estimate of drug-likeness (QED) is 0.761. The van der Waals surface area contributed by atoms with Crippen LogP contribution in [0.3, 0.4) is 0 Å². The van der Waals surface area contributed by atoms with Gasteiger partial charge in [-0.1, -0.05) is 24.9 Å². The molecule has 0 radical (unpaired) electrons. The number of hydrogen-bond donors (Lipinski definition) is 3. The number of carbonyl (C=O) groups excluding carboxylic acids is 1. The summed E-state index contributed by atoms with van der Waals surface area (Å²) in [7, 11) is -3.86. The van der Waals surface area contributed by atoms with Crippen LogP contribution in [0, 0.1) is 0 Å². The van der Waals surface area contributed by atoms with Gasteiger partial charge in [-0.15, -0.1) is 0 Å². The minimum Gasteiger partial charge on any atom is -0.323 e. The number of rotatable bonds is 5. The zero-order chi connectivity index (χ0) is 15.6. The van der Waals surface area contributed by atoms with Crippen molar-refractivity contribution in [1.29, 1.82) is 0 Å². The molecule has 1 aromatic carbocycles. The van der Waals surface area contributed by atoms with E-state index in [2.05, 4.69) is 5.32 Å². The largest absolute Gasteiger partial charge is 0.323 e. The Kier molecular flexibility index (Phi) is 5.15. The van der Waals surface area contributed by atoms with Crippen LogP contribution < -0.4 is 16.2 Å². The Morgan fingerprint density at radius 2 is 2.05 bits per heavy atom. The van der Waals surface area contributed by atoms with E-state index < -0.39 is 21.5 Å². The van der Waals surface area contributed by atoms with Crippen molar-refractivity contribution in [1.82, 2.24) is 0 Å². The van der Waals surface area contributed by atoms with Crippen LogP contribution in [0.5, 0.6) is 0 Å². The minimum atomic E-state index is -3.86. The Labute approximate surface area is 123 Å². The Hall–Kier alpha value is -1.15. The van der Waals surface area contributed by atoms with Crippen molar-refractivity contribution in [3.05, 3.63) is 23.2 Å². The molecule has 1 amide bonds. The van der Waals surface area contributed by atoms with E-state index in [0.717, 1.165) is 6.42 Å². The Bertz CT molecular complexity index is 614. The molecule has 0 saturated heterocycles. The van der Waals surface area contributed by atoms with E-state index in [4.69, 9.17) is 22.5 Å². The van der Waals surface area contributed by atoms with Crippen molar-refractivity contribution in [2.45, 2.75) is 37.1 Å². The molecule has 0 heterocycles. The van der Waals surface area contributed by atoms with Crippen molar-refractivity contribution in [2.24, 2.45) is 10.9 Å². The van der Waals surface area contributed by atoms with Crippen LogP contribution in [0.4, 0.5) is 5.69 Å². The monoisotopic (exact) mass is 319 g/mol. The third-order valence-electron chi connectivity index (χ3n) is 2.80. The first-order valence-corrected chi connectivity index (χ1v) is 7.93. The van der Waals surface area contributed by atoms with Crippen LogP contribution in [0.1, 0.15) is 26.7 Å². The molecule has 20 heavy (non-hydrogen) atoms. The fraction of sp³-hybridized carbons (Fsp3) is 0.417. The van der Waals surface area contributed by atoms with Crippen molar-refractivity contribution in [2.75, 3.05) is 5.32 Å². The second kappa shape index (κ2) is 6.09. The van der Waals surface area contributed by atoms with Gasteiger partial charge < -0.3 is 11.1 Å². The number of carbonyl (C=O) groups is 1. The van der Waals surface area contributed by atoms with Crippen molar-refractivity contribution < 1.29 is 13.2 Å². The molecule has 1 rings (SSSR count). The highest BCUT2D eigenvalue weighted by Gasteiger charge is 2.27. The maximum atomic E-state index is 12.1. The van der Waals surface area contributed by atoms with Crippen LogP contribution in [-0.2, 0) is 14.8 Å². The lowest BCUT2D eigenvalue weighted by Crippen LogP contribution is -2.48. The lowest BCUT2D eigenvalue weighted by atomic mass is 9.96. The van der Waals surface area contributed by atoms with Gasteiger partial charge in [-0.2, -0.15) is 0 Å². The fourth-order valence-electron chi connectivity index (χ4n) is 1.68. The van der Waals surface area contributed by atoms with Crippen molar-refractivity contribution >= 4 is 33.2 Å². The van der Waals surface area contributed by atoms with Gasteiger partial charge in [0.05, 0.1) is 21.1 Å². The van der Waals surface area contributed by atoms with E-state index in [1.165, 1.54) is 18.2 Å². The Balaban J connectivity index is 3.07. The molecule has 0 aliphatic rings. The Morgan fingerprint density at radius 1 is 1.45 bits per heavy atom. The van der Waals surface area contributed by atoms with E-state index in [0.29, 0.717) is 6.42 Å². The lowest BCUT2D eigenvalue weighted by Gasteiger charge is -2.23. The number of amides is 1. The smallest absolute Gasteiger partial charge is 0.244 e. The number of primary sulfonamides is 1. The molecule has 0 saturated carbocycles. The molecule has 1 atom stereocenters. The van der Waals surface area contributed by atoms with E-state index in [1.54, 1.807) is 6.92 Å². The maximum absolute atomic E-state index is 12.1. The molecular weight excluding hydrogens is 302 g/mol. The summed E-state index contributed by atoms with van der Waals surface area (Å²) >= 11 is 5.93. The number of hydrogen-bond acceptors (Lipinski definition) is 4. The summed E-state index contributed by atoms with van der Waals surface area (Å²) in [6.07, 6.45) is 1.23. The van der Waals surface area contributed by atoms with Gasteiger partial charge >= 0.3 is 0 Å². The van der Waals surface area contributed by atoms with Gasteiger partial charge in [0.2, 0.25) is 15.9 Å². The fourth-order valence-corrected chi connectivity index (χ4v) is 2.38. The molecule has 0 aliphatic carbocycles. The van der Waals surface area contributed by atoms with E-state index in [-0.39, 0.29) is 15.6 Å². The summed E-state index contributed by atoms with van der Waals surface area (Å²) in [5.41, 5.74) is 5.00. The molecule has 1 aromatic rings. The van der Waals surface area contributed by atoms with Gasteiger partial charge in [0, 0.05) is 0 Å². The first-order valence-electron chi connectivity index (χ1n) is 6.00. The number of nitrogens with two attached hydrogens (primary N) is 2. The number of benzene rings is 1. The number of halogens is 1. The standard InChI is InChI=1S/C12H18ClN3O3S/c1-3-6-12(2,14)11(17)16-10-7-8(20(15,18)19)4-5-9(10)13/h4-5,7H,3,6,14H2,1-2H3,(H,16,17)(H2,15,18,19). The van der Waals surface area contributed by atoms with Gasteiger partial charge in [-0.3, -0.25) is 4.79 Å². The molecule has 0 bridgehead atoms. The van der Waals surface area contributed by atoms with Crippen LogP contribution in [0.25, 0.3) is 0 Å². The van der Waals surface area contributed by atoms with Crippen LogP contribution in [-0.4, -0.2) is 19.9 Å². The topological polar surface area (TPSA) is 115 Å². The molecule has 6 nitrogen and oxygen atoms in total. The third kappa shape index (κ3) is 4.17. The molecule has 112 valence electrons. The molecule has 1 unspecified atom stereocenters. The van der Waals surface area contributed by atoms with E-state index in [9.17, 15) is 13.2 Å².